The van der Waals surface area contributed by atoms with Gasteiger partial charge in [0, 0.05) is 0 Å². The van der Waals surface area contributed by atoms with Gasteiger partial charge in [-0.3, -0.25) is 0 Å². The Morgan fingerprint density at radius 3 is 2.22 bits per heavy atom. The fourth-order valence-electron chi connectivity index (χ4n) is 0.155. The number of carbonyl (C=O) groups excluding carboxylic acids is 1. The second-order valence-corrected chi connectivity index (χ2v) is 1.62. The highest BCUT2D eigenvalue weighted by atomic mass is 16.4. The smallest absolute Gasteiger partial charge is 0.333 e. The molecular weight excluding hydrogens is 126 g/mol. The van der Waals surface area contributed by atoms with Gasteiger partial charge < -0.3 is 20.7 Å². The maximum absolute atomic E-state index is 9.97. The third kappa shape index (κ3) is 1.48. The van der Waals surface area contributed by atoms with Gasteiger partial charge in [-0.2, -0.15) is 0 Å². The average molecular weight is 133 g/mol. The van der Waals surface area contributed by atoms with Crippen molar-refractivity contribution in [2.75, 3.05) is 6.61 Å². The number of hydrogen-bond donors (Lipinski definition) is 3. The molecule has 0 aliphatic heterocycles. The van der Waals surface area contributed by atoms with Crippen LogP contribution >= 0.6 is 0 Å². The Morgan fingerprint density at radius 1 is 1.78 bits per heavy atom. The first kappa shape index (κ1) is 8.06. The Kier molecular flexibility index (Phi) is 2.29. The van der Waals surface area contributed by atoms with E-state index in [0.717, 1.165) is 0 Å². The van der Waals surface area contributed by atoms with Crippen LogP contribution < -0.4 is 5.73 Å². The van der Waals surface area contributed by atoms with E-state index in [0.29, 0.717) is 0 Å². The van der Waals surface area contributed by atoms with Crippen LogP contribution in [0.15, 0.2) is 0 Å². The number of aliphatic hydroxyl groups excluding tert-OH is 1. The van der Waals surface area contributed by atoms with Gasteiger partial charge in [0.2, 0.25) is 0 Å². The van der Waals surface area contributed by atoms with Crippen molar-refractivity contribution >= 4 is 12.3 Å². The number of aliphatic hydroxyl groups is 1. The summed E-state index contributed by atoms with van der Waals surface area (Å²) in [6.07, 6.45) is -0.00463. The molecule has 1 atom stereocenters. The van der Waals surface area contributed by atoms with Crippen LogP contribution in [0.2, 0.25) is 0 Å². The molecule has 0 radical (unpaired) electrons. The first-order valence-corrected chi connectivity index (χ1v) is 2.16. The van der Waals surface area contributed by atoms with Gasteiger partial charge in [-0.15, -0.1) is 0 Å². The van der Waals surface area contributed by atoms with Crippen LogP contribution in [-0.4, -0.2) is 34.6 Å². The van der Waals surface area contributed by atoms with Crippen LogP contribution in [0.25, 0.3) is 0 Å². The third-order valence-electron chi connectivity index (χ3n) is 0.870. The molecule has 0 spiro atoms. The van der Waals surface area contributed by atoms with Gasteiger partial charge in [0.15, 0.2) is 11.8 Å². The van der Waals surface area contributed by atoms with E-state index in [-0.39, 0.29) is 6.29 Å². The minimum Gasteiger partial charge on any atom is -0.479 e. The normalized spacial score (nSPS) is 16.2. The molecule has 0 aliphatic carbocycles. The third-order valence-corrected chi connectivity index (χ3v) is 0.870. The van der Waals surface area contributed by atoms with E-state index < -0.39 is 18.1 Å². The summed E-state index contributed by atoms with van der Waals surface area (Å²) in [5.41, 5.74) is 2.70. The van der Waals surface area contributed by atoms with Crippen LogP contribution in [0.3, 0.4) is 0 Å². The summed E-state index contributed by atoms with van der Waals surface area (Å²) >= 11 is 0. The van der Waals surface area contributed by atoms with E-state index >= 15 is 0 Å². The molecule has 0 amide bonds. The average Bonchev–Trinajstić information content (AvgIpc) is 1.86. The van der Waals surface area contributed by atoms with Crippen LogP contribution in [0, 0.1) is 0 Å². The molecule has 5 heteroatoms. The number of carboxylic acid groups (broad SMARTS) is 1. The minimum absolute atomic E-state index is 0.00463. The summed E-state index contributed by atoms with van der Waals surface area (Å²) in [6, 6.07) is 0. The zero-order valence-corrected chi connectivity index (χ0v) is 4.57. The highest BCUT2D eigenvalue weighted by molar-refractivity contribution is 5.96. The lowest BCUT2D eigenvalue weighted by molar-refractivity contribution is -0.146. The zero-order chi connectivity index (χ0) is 7.49. The second-order valence-electron chi connectivity index (χ2n) is 1.62. The van der Waals surface area contributed by atoms with E-state index in [1.54, 1.807) is 0 Å². The molecule has 0 saturated heterocycles. The second kappa shape index (κ2) is 2.56. The Labute approximate surface area is 51.1 Å². The first-order valence-electron chi connectivity index (χ1n) is 2.16. The summed E-state index contributed by atoms with van der Waals surface area (Å²) in [6.45, 7) is -0.883. The fraction of sp³-hybridized carbons (Fsp3) is 0.500. The Balaban J connectivity index is 4.27. The van der Waals surface area contributed by atoms with E-state index in [9.17, 15) is 9.59 Å². The SMILES string of the molecule is NC(C=O)(CO)C(=O)O. The molecule has 0 rings (SSSR count). The monoisotopic (exact) mass is 133 g/mol. The maximum atomic E-state index is 9.97. The van der Waals surface area contributed by atoms with Gasteiger partial charge in [-0.25, -0.2) is 4.79 Å². The largest absolute Gasteiger partial charge is 0.479 e. The number of carbonyl (C=O) groups is 2. The van der Waals surface area contributed by atoms with Crippen LogP contribution in [0.1, 0.15) is 0 Å². The van der Waals surface area contributed by atoms with Gasteiger partial charge in [0.05, 0.1) is 6.61 Å². The molecule has 0 saturated carbocycles. The van der Waals surface area contributed by atoms with Gasteiger partial charge in [-0.05, 0) is 0 Å². The molecular formula is C4H7NO4. The number of aldehydes is 1. The van der Waals surface area contributed by atoms with E-state index in [4.69, 9.17) is 15.9 Å². The summed E-state index contributed by atoms with van der Waals surface area (Å²) < 4.78 is 0. The van der Waals surface area contributed by atoms with Gasteiger partial charge in [-0.1, -0.05) is 0 Å². The van der Waals surface area contributed by atoms with Gasteiger partial charge >= 0.3 is 5.97 Å². The number of rotatable bonds is 3. The van der Waals surface area contributed by atoms with E-state index in [1.165, 1.54) is 0 Å². The van der Waals surface area contributed by atoms with Crippen molar-refractivity contribution in [1.29, 1.82) is 0 Å². The summed E-state index contributed by atoms with van der Waals surface area (Å²) in [5, 5.41) is 16.3. The molecule has 5 nitrogen and oxygen atoms in total. The molecule has 0 aromatic carbocycles. The highest BCUT2D eigenvalue weighted by Gasteiger charge is 2.32. The van der Waals surface area contributed by atoms with E-state index in [1.807, 2.05) is 0 Å². The molecule has 0 aromatic heterocycles. The van der Waals surface area contributed by atoms with Gasteiger partial charge in [0.25, 0.3) is 0 Å². The lowest BCUT2D eigenvalue weighted by atomic mass is 10.1. The molecule has 0 fully saturated rings. The first-order chi connectivity index (χ1) is 4.06. The standard InChI is InChI=1S/C4H7NO4/c5-4(1-6,2-7)3(8)9/h1,7H,2,5H2,(H,8,9). The molecule has 9 heavy (non-hydrogen) atoms. The minimum atomic E-state index is -2.12. The summed E-state index contributed by atoms with van der Waals surface area (Å²) in [7, 11) is 0. The molecule has 52 valence electrons. The fourth-order valence-corrected chi connectivity index (χ4v) is 0.155. The molecule has 0 bridgehead atoms. The molecule has 1 unspecified atom stereocenters. The predicted octanol–water partition coefficient (Wildman–Crippen LogP) is -2.04. The van der Waals surface area contributed by atoms with Crippen LogP contribution in [0.5, 0.6) is 0 Å². The molecule has 0 aliphatic rings. The lowest BCUT2D eigenvalue weighted by Gasteiger charge is -2.12. The number of nitrogens with two attached hydrogens (primary N) is 1. The predicted molar refractivity (Wildman–Crippen MR) is 27.7 cm³/mol. The van der Waals surface area contributed by atoms with Crippen molar-refractivity contribution in [1.82, 2.24) is 0 Å². The topological polar surface area (TPSA) is 101 Å². The van der Waals surface area contributed by atoms with Crippen LogP contribution in [0.4, 0.5) is 0 Å². The molecule has 0 heterocycles. The van der Waals surface area contributed by atoms with E-state index in [2.05, 4.69) is 0 Å². The quantitative estimate of drug-likeness (QED) is 0.304. The van der Waals surface area contributed by atoms with Crippen molar-refractivity contribution < 1.29 is 19.8 Å². The Morgan fingerprint density at radius 2 is 2.22 bits per heavy atom. The van der Waals surface area contributed by atoms with Crippen LogP contribution in [-0.2, 0) is 9.59 Å². The van der Waals surface area contributed by atoms with Crippen molar-refractivity contribution in [2.24, 2.45) is 5.73 Å². The number of hydrogen-bond acceptors (Lipinski definition) is 4. The zero-order valence-electron chi connectivity index (χ0n) is 4.57. The number of aliphatic carboxylic acids is 1. The van der Waals surface area contributed by atoms with Crippen molar-refractivity contribution in [2.45, 2.75) is 5.54 Å². The summed E-state index contributed by atoms with van der Waals surface area (Å²) in [4.78, 5) is 19.8. The summed E-state index contributed by atoms with van der Waals surface area (Å²) in [5.74, 6) is -1.53. The molecule has 0 aromatic rings. The number of carboxylic acids is 1. The lowest BCUT2D eigenvalue weighted by Crippen LogP contribution is -2.52. The maximum Gasteiger partial charge on any atom is 0.333 e. The van der Waals surface area contributed by atoms with Crippen molar-refractivity contribution in [3.63, 3.8) is 0 Å². The Bertz CT molecular complexity index is 135. The van der Waals surface area contributed by atoms with Crippen molar-refractivity contribution in [3.8, 4) is 0 Å². The Hall–Kier alpha value is -0.940. The molecule has 4 N–H and O–H groups in total. The van der Waals surface area contributed by atoms with Crippen molar-refractivity contribution in [3.05, 3.63) is 0 Å². The highest BCUT2D eigenvalue weighted by Crippen LogP contribution is 1.92. The van der Waals surface area contributed by atoms with Gasteiger partial charge in [0.1, 0.15) is 0 Å².